The van der Waals surface area contributed by atoms with Crippen molar-refractivity contribution in [3.63, 3.8) is 0 Å². The van der Waals surface area contributed by atoms with Crippen LogP contribution in [0.3, 0.4) is 0 Å². The second-order valence-electron chi connectivity index (χ2n) is 2.89. The molecule has 15 heavy (non-hydrogen) atoms. The molecule has 0 saturated carbocycles. The van der Waals surface area contributed by atoms with Crippen LogP contribution in [0.4, 0.5) is 4.39 Å². The van der Waals surface area contributed by atoms with Gasteiger partial charge in [0.25, 0.3) is 0 Å². The number of benzene rings is 1. The van der Waals surface area contributed by atoms with Crippen LogP contribution in [0.25, 0.3) is 11.1 Å². The fourth-order valence-corrected chi connectivity index (χ4v) is 1.86. The van der Waals surface area contributed by atoms with Gasteiger partial charge in [0, 0.05) is 16.8 Å². The zero-order valence-corrected chi connectivity index (χ0v) is 9.76. The van der Waals surface area contributed by atoms with Crippen molar-refractivity contribution in [3.8, 4) is 11.1 Å². The van der Waals surface area contributed by atoms with Gasteiger partial charge in [-0.15, -0.1) is 0 Å². The molecule has 1 aromatic heterocycles. The SMILES string of the molecule is Fc1cc(Cl)cc(-c2cncnc2Br)c1. The Labute approximate surface area is 99.3 Å². The second-order valence-corrected chi connectivity index (χ2v) is 4.07. The fourth-order valence-electron chi connectivity index (χ4n) is 1.22. The predicted molar refractivity (Wildman–Crippen MR) is 60.1 cm³/mol. The van der Waals surface area contributed by atoms with E-state index in [1.54, 1.807) is 12.3 Å². The molecule has 0 N–H and O–H groups in total. The van der Waals surface area contributed by atoms with E-state index in [1.807, 2.05) is 0 Å². The number of hydrogen-bond acceptors (Lipinski definition) is 2. The molecule has 76 valence electrons. The van der Waals surface area contributed by atoms with Crippen molar-refractivity contribution in [1.29, 1.82) is 0 Å². The molecule has 0 aliphatic carbocycles. The maximum absolute atomic E-state index is 13.1. The van der Waals surface area contributed by atoms with Crippen LogP contribution in [0, 0.1) is 5.82 Å². The lowest BCUT2D eigenvalue weighted by atomic mass is 10.1. The van der Waals surface area contributed by atoms with Gasteiger partial charge in [-0.1, -0.05) is 11.6 Å². The Hall–Kier alpha value is -1.00. The van der Waals surface area contributed by atoms with Crippen LogP contribution in [0.2, 0.25) is 5.02 Å². The van der Waals surface area contributed by atoms with Gasteiger partial charge in [-0.25, -0.2) is 14.4 Å². The zero-order valence-electron chi connectivity index (χ0n) is 7.42. The van der Waals surface area contributed by atoms with Crippen molar-refractivity contribution in [2.45, 2.75) is 0 Å². The maximum Gasteiger partial charge on any atom is 0.125 e. The van der Waals surface area contributed by atoms with E-state index >= 15 is 0 Å². The van der Waals surface area contributed by atoms with E-state index in [1.165, 1.54) is 18.5 Å². The highest BCUT2D eigenvalue weighted by Crippen LogP contribution is 2.28. The third kappa shape index (κ3) is 2.33. The lowest BCUT2D eigenvalue weighted by molar-refractivity contribution is 0.628. The summed E-state index contributed by atoms with van der Waals surface area (Å²) >= 11 is 9.02. The van der Waals surface area contributed by atoms with Crippen LogP contribution in [-0.2, 0) is 0 Å². The first kappa shape index (κ1) is 10.5. The highest BCUT2D eigenvalue weighted by molar-refractivity contribution is 9.10. The molecule has 0 radical (unpaired) electrons. The lowest BCUT2D eigenvalue weighted by Gasteiger charge is -2.03. The maximum atomic E-state index is 13.1. The smallest absolute Gasteiger partial charge is 0.125 e. The summed E-state index contributed by atoms with van der Waals surface area (Å²) in [6.07, 6.45) is 3.01. The molecule has 1 aromatic carbocycles. The molecule has 2 nitrogen and oxygen atoms in total. The Morgan fingerprint density at radius 3 is 2.73 bits per heavy atom. The summed E-state index contributed by atoms with van der Waals surface area (Å²) < 4.78 is 13.7. The van der Waals surface area contributed by atoms with Gasteiger partial charge < -0.3 is 0 Å². The van der Waals surface area contributed by atoms with E-state index in [4.69, 9.17) is 11.6 Å². The van der Waals surface area contributed by atoms with Gasteiger partial charge in [-0.2, -0.15) is 0 Å². The number of hydrogen-bond donors (Lipinski definition) is 0. The first-order chi connectivity index (χ1) is 7.16. The third-order valence-electron chi connectivity index (χ3n) is 1.84. The van der Waals surface area contributed by atoms with E-state index < -0.39 is 0 Å². The molecule has 2 aromatic rings. The number of nitrogens with zero attached hydrogens (tertiary/aromatic N) is 2. The Bertz CT molecular complexity index is 484. The predicted octanol–water partition coefficient (Wildman–Crippen LogP) is 3.70. The van der Waals surface area contributed by atoms with Gasteiger partial charge >= 0.3 is 0 Å². The monoisotopic (exact) mass is 286 g/mol. The van der Waals surface area contributed by atoms with Crippen LogP contribution in [0.15, 0.2) is 35.3 Å². The molecular formula is C10H5BrClFN2. The lowest BCUT2D eigenvalue weighted by Crippen LogP contribution is -1.86. The Morgan fingerprint density at radius 1 is 1.27 bits per heavy atom. The summed E-state index contributed by atoms with van der Waals surface area (Å²) in [5.41, 5.74) is 1.35. The van der Waals surface area contributed by atoms with Crippen LogP contribution in [-0.4, -0.2) is 9.97 Å². The van der Waals surface area contributed by atoms with Crippen LogP contribution in [0.5, 0.6) is 0 Å². The Kier molecular flexibility index (Phi) is 2.98. The van der Waals surface area contributed by atoms with Crippen LogP contribution < -0.4 is 0 Å². The third-order valence-corrected chi connectivity index (χ3v) is 2.69. The van der Waals surface area contributed by atoms with E-state index in [0.717, 1.165) is 0 Å². The van der Waals surface area contributed by atoms with E-state index in [9.17, 15) is 4.39 Å². The summed E-state index contributed by atoms with van der Waals surface area (Å²) in [6, 6.07) is 4.30. The molecule has 0 amide bonds. The molecule has 0 fully saturated rings. The molecule has 2 rings (SSSR count). The Balaban J connectivity index is 2.59. The summed E-state index contributed by atoms with van der Waals surface area (Å²) in [5.74, 6) is -0.381. The molecular weight excluding hydrogens is 282 g/mol. The van der Waals surface area contributed by atoms with Crippen molar-refractivity contribution < 1.29 is 4.39 Å². The van der Waals surface area contributed by atoms with E-state index in [-0.39, 0.29) is 5.82 Å². The molecule has 1 heterocycles. The standard InChI is InChI=1S/C10H5BrClFN2/c11-10-9(4-14-5-15-10)6-1-7(12)3-8(13)2-6/h1-5H. The normalized spacial score (nSPS) is 10.3. The summed E-state index contributed by atoms with van der Waals surface area (Å²) in [4.78, 5) is 7.83. The fraction of sp³-hybridized carbons (Fsp3) is 0. The van der Waals surface area contributed by atoms with Crippen molar-refractivity contribution in [2.24, 2.45) is 0 Å². The van der Waals surface area contributed by atoms with Gasteiger partial charge in [0.1, 0.15) is 16.7 Å². The van der Waals surface area contributed by atoms with Crippen LogP contribution in [0.1, 0.15) is 0 Å². The van der Waals surface area contributed by atoms with Crippen molar-refractivity contribution in [1.82, 2.24) is 9.97 Å². The number of aromatic nitrogens is 2. The largest absolute Gasteiger partial charge is 0.244 e. The van der Waals surface area contributed by atoms with E-state index in [0.29, 0.717) is 20.8 Å². The van der Waals surface area contributed by atoms with Crippen LogP contribution >= 0.6 is 27.5 Å². The molecule has 0 saturated heterocycles. The quantitative estimate of drug-likeness (QED) is 0.747. The zero-order chi connectivity index (χ0) is 10.8. The van der Waals surface area contributed by atoms with E-state index in [2.05, 4.69) is 25.9 Å². The first-order valence-corrected chi connectivity index (χ1v) is 5.26. The topological polar surface area (TPSA) is 25.8 Å². The van der Waals surface area contributed by atoms with Gasteiger partial charge in [0.05, 0.1) is 0 Å². The number of rotatable bonds is 1. The second kappa shape index (κ2) is 4.24. The van der Waals surface area contributed by atoms with Gasteiger partial charge in [0.2, 0.25) is 0 Å². The molecule has 0 aliphatic rings. The van der Waals surface area contributed by atoms with Crippen molar-refractivity contribution in [2.75, 3.05) is 0 Å². The van der Waals surface area contributed by atoms with Gasteiger partial charge in [0.15, 0.2) is 0 Å². The molecule has 0 bridgehead atoms. The average molecular weight is 288 g/mol. The minimum Gasteiger partial charge on any atom is -0.244 e. The Morgan fingerprint density at radius 2 is 2.07 bits per heavy atom. The minimum atomic E-state index is -0.381. The van der Waals surface area contributed by atoms with Gasteiger partial charge in [-0.05, 0) is 39.7 Å². The highest BCUT2D eigenvalue weighted by atomic mass is 79.9. The summed E-state index contributed by atoms with van der Waals surface area (Å²) in [6.45, 7) is 0. The number of halogens is 3. The summed E-state index contributed by atoms with van der Waals surface area (Å²) in [7, 11) is 0. The molecule has 0 atom stereocenters. The first-order valence-electron chi connectivity index (χ1n) is 4.09. The van der Waals surface area contributed by atoms with Gasteiger partial charge in [-0.3, -0.25) is 0 Å². The summed E-state index contributed by atoms with van der Waals surface area (Å²) in [5, 5.41) is 0.348. The van der Waals surface area contributed by atoms with Crippen molar-refractivity contribution in [3.05, 3.63) is 46.2 Å². The molecule has 0 aliphatic heterocycles. The molecule has 0 spiro atoms. The van der Waals surface area contributed by atoms with Crippen molar-refractivity contribution >= 4 is 27.5 Å². The molecule has 5 heteroatoms. The minimum absolute atomic E-state index is 0.348. The molecule has 0 unspecified atom stereocenters. The highest BCUT2D eigenvalue weighted by Gasteiger charge is 2.06. The average Bonchev–Trinajstić information content (AvgIpc) is 2.16.